The molecule has 0 saturated heterocycles. The van der Waals surface area contributed by atoms with Crippen molar-refractivity contribution in [3.8, 4) is 11.3 Å². The first-order chi connectivity index (χ1) is 11.4. The van der Waals surface area contributed by atoms with Crippen molar-refractivity contribution in [1.82, 2.24) is 4.57 Å². The quantitative estimate of drug-likeness (QED) is 0.604. The van der Waals surface area contributed by atoms with Crippen molar-refractivity contribution in [3.63, 3.8) is 0 Å². The van der Waals surface area contributed by atoms with Crippen LogP contribution < -0.4 is 0 Å². The third kappa shape index (κ3) is 5.26. The molecule has 0 radical (unpaired) electrons. The molecule has 0 aliphatic heterocycles. The number of rotatable bonds is 6. The standard InChI is InChI=1S/C21H29NO2/c1-5-6-7-8-10-17-12-14-18(15-13-17)19-11-9-16-22(19)20(23)24-21(2,3)4/h9,11-16H,5-8,10H2,1-4H3. The average Bonchev–Trinajstić information content (AvgIpc) is 3.00. The van der Waals surface area contributed by atoms with E-state index in [1.54, 1.807) is 10.8 Å². The predicted octanol–water partition coefficient (Wildman–Crippen LogP) is 6.06. The molecule has 3 nitrogen and oxygen atoms in total. The molecule has 0 amide bonds. The van der Waals surface area contributed by atoms with Gasteiger partial charge in [0.25, 0.3) is 0 Å². The summed E-state index contributed by atoms with van der Waals surface area (Å²) < 4.78 is 7.04. The molecule has 0 aliphatic carbocycles. The number of ether oxygens (including phenoxy) is 1. The molecule has 0 N–H and O–H groups in total. The lowest BCUT2D eigenvalue weighted by atomic mass is 10.0. The second-order valence-corrected chi connectivity index (χ2v) is 7.25. The molecule has 2 aromatic rings. The maximum absolute atomic E-state index is 12.3. The zero-order chi connectivity index (χ0) is 17.6. The van der Waals surface area contributed by atoms with Crippen LogP contribution in [-0.2, 0) is 11.2 Å². The maximum Gasteiger partial charge on any atom is 0.418 e. The minimum atomic E-state index is -0.499. The Morgan fingerprint density at radius 3 is 2.38 bits per heavy atom. The molecule has 0 aliphatic rings. The summed E-state index contributed by atoms with van der Waals surface area (Å²) in [6.45, 7) is 7.86. The smallest absolute Gasteiger partial charge is 0.418 e. The van der Waals surface area contributed by atoms with Gasteiger partial charge in [-0.05, 0) is 56.9 Å². The van der Waals surface area contributed by atoms with Crippen LogP contribution in [0.3, 0.4) is 0 Å². The van der Waals surface area contributed by atoms with Gasteiger partial charge >= 0.3 is 6.09 Å². The van der Waals surface area contributed by atoms with Crippen LogP contribution in [0.15, 0.2) is 42.6 Å². The first-order valence-electron chi connectivity index (χ1n) is 8.91. The Bertz CT molecular complexity index is 647. The summed E-state index contributed by atoms with van der Waals surface area (Å²) in [6, 6.07) is 12.3. The topological polar surface area (TPSA) is 31.2 Å². The molecule has 130 valence electrons. The SMILES string of the molecule is CCCCCCc1ccc(-c2cccn2C(=O)OC(C)(C)C)cc1. The van der Waals surface area contributed by atoms with Gasteiger partial charge in [0, 0.05) is 6.20 Å². The number of carbonyl (C=O) groups excluding carboxylic acids is 1. The number of hydrogen-bond donors (Lipinski definition) is 0. The van der Waals surface area contributed by atoms with E-state index in [4.69, 9.17) is 4.74 Å². The maximum atomic E-state index is 12.3. The Morgan fingerprint density at radius 2 is 1.75 bits per heavy atom. The van der Waals surface area contributed by atoms with Crippen molar-refractivity contribution in [2.24, 2.45) is 0 Å². The van der Waals surface area contributed by atoms with Crippen LogP contribution in [0.25, 0.3) is 11.3 Å². The van der Waals surface area contributed by atoms with E-state index < -0.39 is 5.60 Å². The Morgan fingerprint density at radius 1 is 1.04 bits per heavy atom. The van der Waals surface area contributed by atoms with Gasteiger partial charge in [-0.25, -0.2) is 4.79 Å². The fourth-order valence-corrected chi connectivity index (χ4v) is 2.68. The molecule has 1 heterocycles. The van der Waals surface area contributed by atoms with E-state index in [9.17, 15) is 4.79 Å². The first kappa shape index (κ1) is 18.3. The molecule has 0 spiro atoms. The van der Waals surface area contributed by atoms with Gasteiger partial charge in [-0.1, -0.05) is 50.5 Å². The molecule has 0 atom stereocenters. The summed E-state index contributed by atoms with van der Waals surface area (Å²) >= 11 is 0. The molecule has 0 bridgehead atoms. The van der Waals surface area contributed by atoms with Crippen molar-refractivity contribution in [3.05, 3.63) is 48.2 Å². The zero-order valence-electron chi connectivity index (χ0n) is 15.3. The molecule has 1 aromatic carbocycles. The molecule has 0 saturated carbocycles. The van der Waals surface area contributed by atoms with E-state index in [0.717, 1.165) is 17.7 Å². The van der Waals surface area contributed by atoms with Gasteiger partial charge in [0.05, 0.1) is 5.69 Å². The number of hydrogen-bond acceptors (Lipinski definition) is 2. The van der Waals surface area contributed by atoms with E-state index in [1.807, 2.05) is 32.9 Å². The van der Waals surface area contributed by atoms with Crippen molar-refractivity contribution in [2.45, 2.75) is 65.4 Å². The number of unbranched alkanes of at least 4 members (excludes halogenated alkanes) is 3. The third-order valence-electron chi connectivity index (χ3n) is 3.91. The fraction of sp³-hybridized carbons (Fsp3) is 0.476. The molecule has 2 rings (SSSR count). The van der Waals surface area contributed by atoms with Crippen LogP contribution in [0.4, 0.5) is 4.79 Å². The normalized spacial score (nSPS) is 11.5. The average molecular weight is 327 g/mol. The second-order valence-electron chi connectivity index (χ2n) is 7.25. The van der Waals surface area contributed by atoms with Crippen molar-refractivity contribution in [2.75, 3.05) is 0 Å². The third-order valence-corrected chi connectivity index (χ3v) is 3.91. The second kappa shape index (κ2) is 8.18. The summed E-state index contributed by atoms with van der Waals surface area (Å²) in [6.07, 6.45) is 7.63. The number of aryl methyl sites for hydroxylation is 1. The van der Waals surface area contributed by atoms with E-state index in [2.05, 4.69) is 31.2 Å². The van der Waals surface area contributed by atoms with Gasteiger partial charge in [0.1, 0.15) is 5.60 Å². The summed E-state index contributed by atoms with van der Waals surface area (Å²) in [5.41, 5.74) is 2.75. The largest absolute Gasteiger partial charge is 0.443 e. The van der Waals surface area contributed by atoms with Crippen LogP contribution in [0.1, 0.15) is 58.9 Å². The zero-order valence-corrected chi connectivity index (χ0v) is 15.3. The lowest BCUT2D eigenvalue weighted by Crippen LogP contribution is -2.27. The highest BCUT2D eigenvalue weighted by molar-refractivity contribution is 5.78. The number of nitrogens with zero attached hydrogens (tertiary/aromatic N) is 1. The number of benzene rings is 1. The van der Waals surface area contributed by atoms with E-state index in [0.29, 0.717) is 0 Å². The molecule has 24 heavy (non-hydrogen) atoms. The summed E-state index contributed by atoms with van der Waals surface area (Å²) in [5.74, 6) is 0. The molecule has 0 fully saturated rings. The van der Waals surface area contributed by atoms with E-state index in [-0.39, 0.29) is 6.09 Å². The van der Waals surface area contributed by atoms with Gasteiger partial charge in [0.15, 0.2) is 0 Å². The lowest BCUT2D eigenvalue weighted by molar-refractivity contribution is 0.0540. The van der Waals surface area contributed by atoms with Gasteiger partial charge in [0.2, 0.25) is 0 Å². The monoisotopic (exact) mass is 327 g/mol. The van der Waals surface area contributed by atoms with Crippen molar-refractivity contribution >= 4 is 6.09 Å². The molecule has 0 unspecified atom stereocenters. The minimum absolute atomic E-state index is 0.342. The molecular formula is C21H29NO2. The van der Waals surface area contributed by atoms with Gasteiger partial charge in [-0.3, -0.25) is 4.57 Å². The lowest BCUT2D eigenvalue weighted by Gasteiger charge is -2.20. The Hall–Kier alpha value is -2.03. The molecule has 1 aromatic heterocycles. The Kier molecular flexibility index (Phi) is 6.24. The van der Waals surface area contributed by atoms with Crippen LogP contribution in [0.2, 0.25) is 0 Å². The first-order valence-corrected chi connectivity index (χ1v) is 8.91. The van der Waals surface area contributed by atoms with Gasteiger partial charge in [-0.2, -0.15) is 0 Å². The van der Waals surface area contributed by atoms with E-state index in [1.165, 1.54) is 31.2 Å². The van der Waals surface area contributed by atoms with Crippen molar-refractivity contribution < 1.29 is 9.53 Å². The van der Waals surface area contributed by atoms with Crippen molar-refractivity contribution in [1.29, 1.82) is 0 Å². The highest BCUT2D eigenvalue weighted by Gasteiger charge is 2.19. The minimum Gasteiger partial charge on any atom is -0.443 e. The van der Waals surface area contributed by atoms with Crippen LogP contribution in [0.5, 0.6) is 0 Å². The summed E-state index contributed by atoms with van der Waals surface area (Å²) in [5, 5.41) is 0. The molecular weight excluding hydrogens is 298 g/mol. The Balaban J connectivity index is 2.07. The Labute approximate surface area is 145 Å². The highest BCUT2D eigenvalue weighted by atomic mass is 16.6. The number of carbonyl (C=O) groups is 1. The molecule has 3 heteroatoms. The van der Waals surface area contributed by atoms with Crippen LogP contribution in [-0.4, -0.2) is 16.3 Å². The number of aromatic nitrogens is 1. The van der Waals surface area contributed by atoms with E-state index >= 15 is 0 Å². The van der Waals surface area contributed by atoms with Crippen LogP contribution >= 0.6 is 0 Å². The summed E-state index contributed by atoms with van der Waals surface area (Å²) in [4.78, 5) is 12.3. The highest BCUT2D eigenvalue weighted by Crippen LogP contribution is 2.22. The predicted molar refractivity (Wildman–Crippen MR) is 99.3 cm³/mol. The van der Waals surface area contributed by atoms with Gasteiger partial charge in [-0.15, -0.1) is 0 Å². The van der Waals surface area contributed by atoms with Gasteiger partial charge < -0.3 is 4.74 Å². The fourth-order valence-electron chi connectivity index (χ4n) is 2.68. The van der Waals surface area contributed by atoms with Crippen LogP contribution in [0, 0.1) is 0 Å². The summed E-state index contributed by atoms with van der Waals surface area (Å²) in [7, 11) is 0.